The molecule has 9 nitrogen and oxygen atoms in total. The van der Waals surface area contributed by atoms with Crippen LogP contribution < -0.4 is 15.8 Å². The van der Waals surface area contributed by atoms with E-state index in [1.54, 1.807) is 16.5 Å². The molecule has 0 aliphatic heterocycles. The largest absolute Gasteiger partial charge is 0.491 e. The van der Waals surface area contributed by atoms with Crippen molar-refractivity contribution < 1.29 is 4.74 Å². The van der Waals surface area contributed by atoms with E-state index in [-0.39, 0.29) is 0 Å². The third kappa shape index (κ3) is 3.49. The second-order valence-corrected chi connectivity index (χ2v) is 6.70. The van der Waals surface area contributed by atoms with E-state index in [0.717, 1.165) is 22.6 Å². The molecule has 0 fully saturated rings. The van der Waals surface area contributed by atoms with Gasteiger partial charge in [-0.1, -0.05) is 12.1 Å². The zero-order chi connectivity index (χ0) is 20.5. The van der Waals surface area contributed by atoms with Gasteiger partial charge in [-0.25, -0.2) is 14.6 Å². The van der Waals surface area contributed by atoms with Crippen LogP contribution in [0.2, 0.25) is 0 Å². The third-order valence-electron chi connectivity index (χ3n) is 4.52. The first-order valence-corrected chi connectivity index (χ1v) is 9.06. The van der Waals surface area contributed by atoms with Gasteiger partial charge in [0, 0.05) is 30.1 Å². The molecule has 0 unspecified atom stereocenters. The van der Waals surface area contributed by atoms with E-state index < -0.39 is 0 Å². The average Bonchev–Trinajstić information content (AvgIpc) is 3.20. The number of benzene rings is 1. The fraction of sp³-hybridized carbons (Fsp3) is 0.200. The minimum Gasteiger partial charge on any atom is -0.491 e. The molecule has 0 aliphatic carbocycles. The van der Waals surface area contributed by atoms with Crippen molar-refractivity contribution in [3.05, 3.63) is 54.1 Å². The number of nitrogen functional groups attached to an aromatic ring is 1. The van der Waals surface area contributed by atoms with Gasteiger partial charge < -0.3 is 15.8 Å². The van der Waals surface area contributed by atoms with E-state index in [2.05, 4.69) is 25.5 Å². The van der Waals surface area contributed by atoms with E-state index in [0.29, 0.717) is 28.9 Å². The normalized spacial score (nSPS) is 10.9. The zero-order valence-corrected chi connectivity index (χ0v) is 16.7. The fourth-order valence-electron chi connectivity index (χ4n) is 3.25. The summed E-state index contributed by atoms with van der Waals surface area (Å²) in [7, 11) is 3.48. The number of hydrogen-bond donors (Lipinski definition) is 2. The first-order chi connectivity index (χ1) is 14.0. The Morgan fingerprint density at radius 3 is 2.45 bits per heavy atom. The second-order valence-electron chi connectivity index (χ2n) is 6.70. The van der Waals surface area contributed by atoms with Crippen LogP contribution in [0, 0.1) is 13.8 Å². The van der Waals surface area contributed by atoms with Crippen LogP contribution in [0.1, 0.15) is 11.4 Å². The SMILES string of the molecule is COc1c(Nc2cc(-n3nc(C)cc3C)ncn2)nn(C)c1-c1ccc(N)cc1. The van der Waals surface area contributed by atoms with Gasteiger partial charge >= 0.3 is 0 Å². The topological polar surface area (TPSA) is 109 Å². The maximum Gasteiger partial charge on any atom is 0.196 e. The third-order valence-corrected chi connectivity index (χ3v) is 4.52. The lowest BCUT2D eigenvalue weighted by molar-refractivity contribution is 0.418. The molecule has 0 spiro atoms. The van der Waals surface area contributed by atoms with E-state index in [4.69, 9.17) is 10.5 Å². The maximum atomic E-state index is 5.81. The van der Waals surface area contributed by atoms with Gasteiger partial charge in [0.1, 0.15) is 17.8 Å². The van der Waals surface area contributed by atoms with Gasteiger partial charge in [-0.15, -0.1) is 0 Å². The Labute approximate surface area is 168 Å². The van der Waals surface area contributed by atoms with Crippen molar-refractivity contribution in [2.45, 2.75) is 13.8 Å². The highest BCUT2D eigenvalue weighted by atomic mass is 16.5. The van der Waals surface area contributed by atoms with Crippen LogP contribution in [0.5, 0.6) is 5.75 Å². The zero-order valence-electron chi connectivity index (χ0n) is 16.7. The van der Waals surface area contributed by atoms with Crippen LogP contribution in [0.15, 0.2) is 42.7 Å². The maximum absolute atomic E-state index is 5.81. The number of rotatable bonds is 5. The molecule has 0 aliphatic rings. The van der Waals surface area contributed by atoms with Gasteiger partial charge in [-0.05, 0) is 32.0 Å². The van der Waals surface area contributed by atoms with Crippen molar-refractivity contribution in [1.29, 1.82) is 0 Å². The molecule has 0 saturated heterocycles. The summed E-state index contributed by atoms with van der Waals surface area (Å²) in [5.41, 5.74) is 10.2. The summed E-state index contributed by atoms with van der Waals surface area (Å²) in [6.45, 7) is 3.93. The summed E-state index contributed by atoms with van der Waals surface area (Å²) >= 11 is 0. The average molecular weight is 390 g/mol. The van der Waals surface area contributed by atoms with E-state index >= 15 is 0 Å². The number of nitrogens with two attached hydrogens (primary N) is 1. The van der Waals surface area contributed by atoms with Gasteiger partial charge in [-0.3, -0.25) is 4.68 Å². The Morgan fingerprint density at radius 2 is 1.79 bits per heavy atom. The van der Waals surface area contributed by atoms with Gasteiger partial charge in [0.05, 0.1) is 12.8 Å². The summed E-state index contributed by atoms with van der Waals surface area (Å²) in [5.74, 6) is 2.42. The van der Waals surface area contributed by atoms with Crippen LogP contribution in [0.4, 0.5) is 17.3 Å². The highest BCUT2D eigenvalue weighted by Gasteiger charge is 2.19. The minimum atomic E-state index is 0.555. The molecule has 0 atom stereocenters. The molecule has 4 aromatic rings. The van der Waals surface area contributed by atoms with Gasteiger partial charge in [0.25, 0.3) is 0 Å². The number of aryl methyl sites for hydroxylation is 3. The molecule has 9 heteroatoms. The Bertz CT molecular complexity index is 1160. The summed E-state index contributed by atoms with van der Waals surface area (Å²) in [6, 6.07) is 11.4. The number of aromatic nitrogens is 6. The molecule has 0 saturated carbocycles. The summed E-state index contributed by atoms with van der Waals surface area (Å²) in [4.78, 5) is 8.64. The van der Waals surface area contributed by atoms with Crippen LogP contribution in [-0.2, 0) is 7.05 Å². The molecule has 0 bridgehead atoms. The molecular formula is C20H22N8O. The van der Waals surface area contributed by atoms with E-state index in [1.165, 1.54) is 6.33 Å². The highest BCUT2D eigenvalue weighted by Crippen LogP contribution is 2.37. The van der Waals surface area contributed by atoms with E-state index in [9.17, 15) is 0 Å². The highest BCUT2D eigenvalue weighted by molar-refractivity contribution is 5.76. The molecule has 0 amide bonds. The number of nitrogens with zero attached hydrogens (tertiary/aromatic N) is 6. The first kappa shape index (κ1) is 18.5. The molecule has 3 N–H and O–H groups in total. The fourth-order valence-corrected chi connectivity index (χ4v) is 3.25. The van der Waals surface area contributed by atoms with Gasteiger partial charge in [0.2, 0.25) is 0 Å². The molecule has 1 aromatic carbocycles. The molecule has 0 radical (unpaired) electrons. The number of ether oxygens (including phenoxy) is 1. The van der Waals surface area contributed by atoms with Crippen LogP contribution in [0.3, 0.4) is 0 Å². The Hall–Kier alpha value is -3.88. The van der Waals surface area contributed by atoms with Crippen molar-refractivity contribution in [2.75, 3.05) is 18.2 Å². The molecular weight excluding hydrogens is 368 g/mol. The Kier molecular flexibility index (Phi) is 4.63. The number of anilines is 3. The Morgan fingerprint density at radius 1 is 1.03 bits per heavy atom. The predicted octanol–water partition coefficient (Wildman–Crippen LogP) is 3.01. The van der Waals surface area contributed by atoms with Crippen LogP contribution >= 0.6 is 0 Å². The van der Waals surface area contributed by atoms with Crippen LogP contribution in [0.25, 0.3) is 17.1 Å². The molecule has 148 valence electrons. The molecule has 29 heavy (non-hydrogen) atoms. The standard InChI is InChI=1S/C20H22N8O/c1-12-9-13(2)28(25-12)17-10-16(22-11-23-17)24-20-19(29-4)18(27(3)26-20)14-5-7-15(21)8-6-14/h5-11H,21H2,1-4H3,(H,22,23,24,26). The molecule has 4 rings (SSSR count). The second kappa shape index (κ2) is 7.27. The van der Waals surface area contributed by atoms with Crippen molar-refractivity contribution in [3.63, 3.8) is 0 Å². The lowest BCUT2D eigenvalue weighted by Gasteiger charge is -2.08. The lowest BCUT2D eigenvalue weighted by atomic mass is 10.1. The van der Waals surface area contributed by atoms with Crippen LogP contribution in [-0.4, -0.2) is 36.6 Å². The number of nitrogens with one attached hydrogen (secondary N) is 1. The smallest absolute Gasteiger partial charge is 0.196 e. The Balaban J connectivity index is 1.70. The van der Waals surface area contributed by atoms with Gasteiger partial charge in [0.15, 0.2) is 17.4 Å². The van der Waals surface area contributed by atoms with Crippen molar-refractivity contribution >= 4 is 17.3 Å². The first-order valence-electron chi connectivity index (χ1n) is 9.06. The summed E-state index contributed by atoms with van der Waals surface area (Å²) in [6.07, 6.45) is 1.49. The lowest BCUT2D eigenvalue weighted by Crippen LogP contribution is -2.04. The van der Waals surface area contributed by atoms with Crippen molar-refractivity contribution in [1.82, 2.24) is 29.5 Å². The number of hydrogen-bond acceptors (Lipinski definition) is 7. The summed E-state index contributed by atoms with van der Waals surface area (Å²) < 4.78 is 9.19. The van der Waals surface area contributed by atoms with Crippen molar-refractivity contribution in [2.24, 2.45) is 7.05 Å². The quantitative estimate of drug-likeness (QED) is 0.504. The monoisotopic (exact) mass is 390 g/mol. The number of methoxy groups -OCH3 is 1. The molecule has 3 heterocycles. The predicted molar refractivity (Wildman–Crippen MR) is 112 cm³/mol. The summed E-state index contributed by atoms with van der Waals surface area (Å²) in [5, 5.41) is 12.3. The molecule has 3 aromatic heterocycles. The van der Waals surface area contributed by atoms with E-state index in [1.807, 2.05) is 57.3 Å². The van der Waals surface area contributed by atoms with Gasteiger partial charge in [-0.2, -0.15) is 10.2 Å². The van der Waals surface area contributed by atoms with Crippen molar-refractivity contribution in [3.8, 4) is 22.8 Å². The minimum absolute atomic E-state index is 0.555.